The largest absolute Gasteiger partial charge is 0.478 e. The fourth-order valence-electron chi connectivity index (χ4n) is 3.81. The van der Waals surface area contributed by atoms with Crippen LogP contribution in [0.3, 0.4) is 0 Å². The molecule has 21 heavy (non-hydrogen) atoms. The molecule has 3 rings (SSSR count). The third-order valence-electron chi connectivity index (χ3n) is 4.45. The number of nitrogens with one attached hydrogen (secondary N) is 1. The fraction of sp³-hybridized carbons (Fsp3) is 0.412. The zero-order chi connectivity index (χ0) is 15.6. The summed E-state index contributed by atoms with van der Waals surface area (Å²) in [6.07, 6.45) is 0.746. The smallest absolute Gasteiger partial charge is 0.335 e. The average Bonchev–Trinajstić information content (AvgIpc) is 2.74. The Morgan fingerprint density at radius 1 is 1.19 bits per heavy atom. The molecule has 110 valence electrons. The van der Waals surface area contributed by atoms with Crippen LogP contribution in [0, 0.1) is 5.41 Å². The summed E-state index contributed by atoms with van der Waals surface area (Å²) in [5.74, 6) is -0.850. The Balaban J connectivity index is 2.36. The summed E-state index contributed by atoms with van der Waals surface area (Å²) in [5, 5.41) is 10.0. The molecule has 0 atom stereocenters. The molecule has 0 amide bonds. The number of aromatic carboxylic acids is 1. The predicted octanol–water partition coefficient (Wildman–Crippen LogP) is 3.76. The quantitative estimate of drug-likeness (QED) is 0.838. The van der Waals surface area contributed by atoms with Gasteiger partial charge >= 0.3 is 5.97 Å². The van der Waals surface area contributed by atoms with Gasteiger partial charge in [-0.05, 0) is 35.6 Å². The number of rotatable bonds is 1. The van der Waals surface area contributed by atoms with Crippen LogP contribution in [0.25, 0.3) is 10.9 Å². The van der Waals surface area contributed by atoms with Crippen LogP contribution in [-0.2, 0) is 5.41 Å². The molecule has 1 aliphatic carbocycles. The maximum Gasteiger partial charge on any atom is 0.335 e. The van der Waals surface area contributed by atoms with E-state index >= 15 is 0 Å². The standard InChI is InChI=1S/C17H19NO3/c1-16(2)8-17(3,4)14(19)13-12(16)10-7-9(15(20)21)5-6-11(10)18-13/h5-7,18H,8H2,1-4H3,(H,20,21). The zero-order valence-corrected chi connectivity index (χ0v) is 12.7. The average molecular weight is 285 g/mol. The van der Waals surface area contributed by atoms with E-state index in [1.807, 2.05) is 13.8 Å². The molecule has 0 saturated carbocycles. The van der Waals surface area contributed by atoms with Gasteiger partial charge in [0.05, 0.1) is 11.3 Å². The second-order valence-corrected chi connectivity index (χ2v) is 7.21. The molecule has 0 saturated heterocycles. The molecule has 2 aromatic rings. The van der Waals surface area contributed by atoms with Gasteiger partial charge in [-0.15, -0.1) is 0 Å². The van der Waals surface area contributed by atoms with Crippen molar-refractivity contribution in [2.75, 3.05) is 0 Å². The molecule has 0 bridgehead atoms. The number of H-pyrrole nitrogens is 1. The normalized spacial score (nSPS) is 19.5. The van der Waals surface area contributed by atoms with Crippen LogP contribution in [0.4, 0.5) is 0 Å². The molecule has 1 aromatic heterocycles. The van der Waals surface area contributed by atoms with Crippen LogP contribution in [-0.4, -0.2) is 21.8 Å². The van der Waals surface area contributed by atoms with Gasteiger partial charge in [-0.3, -0.25) is 4.79 Å². The number of fused-ring (bicyclic) bond motifs is 3. The van der Waals surface area contributed by atoms with Crippen molar-refractivity contribution in [3.63, 3.8) is 0 Å². The van der Waals surface area contributed by atoms with Crippen LogP contribution >= 0.6 is 0 Å². The van der Waals surface area contributed by atoms with Gasteiger partial charge in [-0.25, -0.2) is 4.79 Å². The van der Waals surface area contributed by atoms with E-state index in [-0.39, 0.29) is 16.8 Å². The number of hydrogen-bond donors (Lipinski definition) is 2. The SMILES string of the molecule is CC1(C)CC(C)(C)c2c([nH]c3ccc(C(=O)O)cc23)C1=O. The van der Waals surface area contributed by atoms with E-state index in [1.54, 1.807) is 18.2 Å². The lowest BCUT2D eigenvalue weighted by molar-refractivity contribution is 0.0696. The maximum absolute atomic E-state index is 12.7. The minimum Gasteiger partial charge on any atom is -0.478 e. The van der Waals surface area contributed by atoms with Crippen molar-refractivity contribution >= 4 is 22.7 Å². The molecule has 0 radical (unpaired) electrons. The number of aromatic nitrogens is 1. The van der Waals surface area contributed by atoms with Gasteiger partial charge in [0.15, 0.2) is 5.78 Å². The first-order valence-electron chi connectivity index (χ1n) is 7.08. The van der Waals surface area contributed by atoms with E-state index in [4.69, 9.17) is 0 Å². The van der Waals surface area contributed by atoms with Gasteiger partial charge in [0.25, 0.3) is 0 Å². The van der Waals surface area contributed by atoms with Gasteiger partial charge in [-0.2, -0.15) is 0 Å². The highest BCUT2D eigenvalue weighted by atomic mass is 16.4. The first kappa shape index (κ1) is 13.9. The van der Waals surface area contributed by atoms with E-state index in [0.29, 0.717) is 5.69 Å². The van der Waals surface area contributed by atoms with Crippen molar-refractivity contribution in [3.05, 3.63) is 35.0 Å². The maximum atomic E-state index is 12.7. The zero-order valence-electron chi connectivity index (χ0n) is 12.7. The van der Waals surface area contributed by atoms with E-state index < -0.39 is 11.4 Å². The third-order valence-corrected chi connectivity index (χ3v) is 4.45. The summed E-state index contributed by atoms with van der Waals surface area (Å²) in [6, 6.07) is 4.98. The molecular formula is C17H19NO3. The molecule has 0 spiro atoms. The summed E-state index contributed by atoms with van der Waals surface area (Å²) in [6.45, 7) is 8.16. The van der Waals surface area contributed by atoms with E-state index in [2.05, 4.69) is 18.8 Å². The minimum absolute atomic E-state index is 0.102. The lowest BCUT2D eigenvalue weighted by Crippen LogP contribution is -2.39. The highest BCUT2D eigenvalue weighted by Crippen LogP contribution is 2.48. The van der Waals surface area contributed by atoms with Gasteiger partial charge in [0.2, 0.25) is 0 Å². The van der Waals surface area contributed by atoms with Crippen molar-refractivity contribution in [2.45, 2.75) is 39.5 Å². The summed E-state index contributed by atoms with van der Waals surface area (Å²) >= 11 is 0. The predicted molar refractivity (Wildman–Crippen MR) is 81.0 cm³/mol. The van der Waals surface area contributed by atoms with Crippen molar-refractivity contribution in [1.82, 2.24) is 4.98 Å². The van der Waals surface area contributed by atoms with Gasteiger partial charge < -0.3 is 10.1 Å². The number of carboxylic acid groups (broad SMARTS) is 1. The van der Waals surface area contributed by atoms with Crippen molar-refractivity contribution < 1.29 is 14.7 Å². The monoisotopic (exact) mass is 285 g/mol. The Kier molecular flexibility index (Phi) is 2.62. The number of carbonyl (C=O) groups is 2. The molecule has 0 unspecified atom stereocenters. The number of Topliss-reactive ketones (excluding diaryl/α,β-unsaturated/α-hetero) is 1. The number of aromatic amines is 1. The lowest BCUT2D eigenvalue weighted by Gasteiger charge is -2.39. The van der Waals surface area contributed by atoms with E-state index in [1.165, 1.54) is 0 Å². The molecular weight excluding hydrogens is 266 g/mol. The second-order valence-electron chi connectivity index (χ2n) is 7.21. The first-order chi connectivity index (χ1) is 9.63. The van der Waals surface area contributed by atoms with Gasteiger partial charge in [-0.1, -0.05) is 27.7 Å². The van der Waals surface area contributed by atoms with E-state index in [0.717, 1.165) is 22.9 Å². The summed E-state index contributed by atoms with van der Waals surface area (Å²) < 4.78 is 0. The van der Waals surface area contributed by atoms with Crippen molar-refractivity contribution in [3.8, 4) is 0 Å². The van der Waals surface area contributed by atoms with Gasteiger partial charge in [0.1, 0.15) is 0 Å². The highest BCUT2D eigenvalue weighted by Gasteiger charge is 2.45. The van der Waals surface area contributed by atoms with E-state index in [9.17, 15) is 14.7 Å². The summed E-state index contributed by atoms with van der Waals surface area (Å²) in [4.78, 5) is 27.1. The molecule has 4 nitrogen and oxygen atoms in total. The van der Waals surface area contributed by atoms with Crippen LogP contribution in [0.2, 0.25) is 0 Å². The number of benzene rings is 1. The van der Waals surface area contributed by atoms with Crippen LogP contribution < -0.4 is 0 Å². The Morgan fingerprint density at radius 2 is 1.86 bits per heavy atom. The van der Waals surface area contributed by atoms with Crippen molar-refractivity contribution in [2.24, 2.45) is 5.41 Å². The minimum atomic E-state index is -0.952. The summed E-state index contributed by atoms with van der Waals surface area (Å²) in [7, 11) is 0. The Hall–Kier alpha value is -2.10. The molecule has 4 heteroatoms. The van der Waals surface area contributed by atoms with Gasteiger partial charge in [0, 0.05) is 16.3 Å². The number of hydrogen-bond acceptors (Lipinski definition) is 2. The number of carboxylic acids is 1. The van der Waals surface area contributed by atoms with Crippen LogP contribution in [0.5, 0.6) is 0 Å². The molecule has 2 N–H and O–H groups in total. The van der Waals surface area contributed by atoms with Crippen LogP contribution in [0.1, 0.15) is 60.5 Å². The Bertz CT molecular complexity index is 781. The Morgan fingerprint density at radius 3 is 2.48 bits per heavy atom. The lowest BCUT2D eigenvalue weighted by atomic mass is 9.63. The number of ketones is 1. The fourth-order valence-corrected chi connectivity index (χ4v) is 3.81. The first-order valence-corrected chi connectivity index (χ1v) is 7.08. The number of carbonyl (C=O) groups excluding carboxylic acids is 1. The Labute approximate surface area is 123 Å². The van der Waals surface area contributed by atoms with Crippen LogP contribution in [0.15, 0.2) is 18.2 Å². The second kappa shape index (κ2) is 3.97. The summed E-state index contributed by atoms with van der Waals surface area (Å²) in [5.41, 5.74) is 2.06. The molecule has 1 aliphatic rings. The molecule has 0 aliphatic heterocycles. The molecule has 1 aromatic carbocycles. The third kappa shape index (κ3) is 1.89. The van der Waals surface area contributed by atoms with Crippen molar-refractivity contribution in [1.29, 1.82) is 0 Å². The molecule has 0 fully saturated rings. The highest BCUT2D eigenvalue weighted by molar-refractivity contribution is 6.08. The molecule has 1 heterocycles. The topological polar surface area (TPSA) is 70.2 Å².